The van der Waals surface area contributed by atoms with Crippen molar-refractivity contribution in [2.24, 2.45) is 0 Å². The highest BCUT2D eigenvalue weighted by Crippen LogP contribution is 2.26. The van der Waals surface area contributed by atoms with Crippen LogP contribution >= 0.6 is 28.3 Å². The SMILES string of the molecule is Cc1cc(-c2ccc(CNCCc3ccccc3)o2)ccc1Br.Cl. The Balaban J connectivity index is 0.00000208. The third kappa shape index (κ3) is 4.97. The number of halogens is 2. The number of furan rings is 1. The highest BCUT2D eigenvalue weighted by molar-refractivity contribution is 9.10. The van der Waals surface area contributed by atoms with Crippen molar-refractivity contribution in [1.82, 2.24) is 5.32 Å². The Kier molecular flexibility index (Phi) is 7.10. The van der Waals surface area contributed by atoms with Gasteiger partial charge < -0.3 is 9.73 Å². The molecule has 0 fully saturated rings. The molecule has 0 saturated heterocycles. The van der Waals surface area contributed by atoms with E-state index in [1.54, 1.807) is 0 Å². The Labute approximate surface area is 157 Å². The molecule has 1 aromatic heterocycles. The Morgan fingerprint density at radius 3 is 2.54 bits per heavy atom. The van der Waals surface area contributed by atoms with Gasteiger partial charge in [0, 0.05) is 10.0 Å². The van der Waals surface area contributed by atoms with Crippen LogP contribution in [0.25, 0.3) is 11.3 Å². The van der Waals surface area contributed by atoms with E-state index in [1.807, 2.05) is 18.2 Å². The summed E-state index contributed by atoms with van der Waals surface area (Å²) in [4.78, 5) is 0. The molecule has 24 heavy (non-hydrogen) atoms. The first kappa shape index (κ1) is 18.8. The molecule has 4 heteroatoms. The first-order valence-electron chi connectivity index (χ1n) is 7.82. The lowest BCUT2D eigenvalue weighted by molar-refractivity contribution is 0.494. The zero-order valence-electron chi connectivity index (χ0n) is 13.6. The van der Waals surface area contributed by atoms with Gasteiger partial charge in [-0.3, -0.25) is 0 Å². The molecule has 2 nitrogen and oxygen atoms in total. The number of rotatable bonds is 6. The Morgan fingerprint density at radius 1 is 1.00 bits per heavy atom. The van der Waals surface area contributed by atoms with Crippen molar-refractivity contribution in [2.75, 3.05) is 6.54 Å². The maximum atomic E-state index is 5.94. The van der Waals surface area contributed by atoms with E-state index in [0.717, 1.165) is 41.1 Å². The summed E-state index contributed by atoms with van der Waals surface area (Å²) in [5.41, 5.74) is 3.67. The van der Waals surface area contributed by atoms with Crippen LogP contribution in [0.2, 0.25) is 0 Å². The van der Waals surface area contributed by atoms with Crippen molar-refractivity contribution in [1.29, 1.82) is 0 Å². The summed E-state index contributed by atoms with van der Waals surface area (Å²) in [5.74, 6) is 1.88. The molecule has 0 aliphatic heterocycles. The number of hydrogen-bond acceptors (Lipinski definition) is 2. The second kappa shape index (κ2) is 9.07. The predicted molar refractivity (Wildman–Crippen MR) is 106 cm³/mol. The van der Waals surface area contributed by atoms with E-state index in [-0.39, 0.29) is 12.4 Å². The summed E-state index contributed by atoms with van der Waals surface area (Å²) in [7, 11) is 0. The normalized spacial score (nSPS) is 10.4. The first-order valence-corrected chi connectivity index (χ1v) is 8.61. The van der Waals surface area contributed by atoms with Crippen LogP contribution in [0, 0.1) is 6.92 Å². The summed E-state index contributed by atoms with van der Waals surface area (Å²) in [6.45, 7) is 3.78. The predicted octanol–water partition coefficient (Wildman–Crippen LogP) is 5.77. The molecule has 0 amide bonds. The van der Waals surface area contributed by atoms with E-state index < -0.39 is 0 Å². The van der Waals surface area contributed by atoms with Crippen LogP contribution in [-0.4, -0.2) is 6.54 Å². The molecular weight excluding hydrogens is 386 g/mol. The highest BCUT2D eigenvalue weighted by Gasteiger charge is 2.06. The van der Waals surface area contributed by atoms with Gasteiger partial charge in [-0.1, -0.05) is 52.3 Å². The zero-order chi connectivity index (χ0) is 16.1. The fourth-order valence-electron chi connectivity index (χ4n) is 2.52. The topological polar surface area (TPSA) is 25.2 Å². The zero-order valence-corrected chi connectivity index (χ0v) is 16.0. The quantitative estimate of drug-likeness (QED) is 0.526. The molecule has 1 heterocycles. The molecule has 1 N–H and O–H groups in total. The third-order valence-corrected chi connectivity index (χ3v) is 4.73. The first-order chi connectivity index (χ1) is 11.2. The molecular formula is C20H21BrClNO. The highest BCUT2D eigenvalue weighted by atomic mass is 79.9. The van der Waals surface area contributed by atoms with E-state index >= 15 is 0 Å². The van der Waals surface area contributed by atoms with E-state index in [1.165, 1.54) is 11.1 Å². The molecule has 3 rings (SSSR count). The molecule has 3 aromatic rings. The minimum absolute atomic E-state index is 0. The molecule has 0 atom stereocenters. The second-order valence-corrected chi connectivity index (χ2v) is 6.50. The van der Waals surface area contributed by atoms with Gasteiger partial charge in [0.25, 0.3) is 0 Å². The standard InChI is InChI=1S/C20H20BrNO.ClH/c1-15-13-17(7-9-19(15)21)20-10-8-18(23-20)14-22-12-11-16-5-3-2-4-6-16;/h2-10,13,22H,11-12,14H2,1H3;1H. The number of aryl methyl sites for hydroxylation is 1. The summed E-state index contributed by atoms with van der Waals surface area (Å²) in [6, 6.07) is 20.9. The minimum atomic E-state index is 0. The maximum Gasteiger partial charge on any atom is 0.134 e. The third-order valence-electron chi connectivity index (χ3n) is 3.84. The van der Waals surface area contributed by atoms with Crippen molar-refractivity contribution in [3.05, 3.63) is 82.0 Å². The minimum Gasteiger partial charge on any atom is -0.460 e. The Hall–Kier alpha value is -1.55. The fourth-order valence-corrected chi connectivity index (χ4v) is 2.76. The molecule has 0 unspecified atom stereocenters. The van der Waals surface area contributed by atoms with Gasteiger partial charge in [-0.05, 0) is 55.3 Å². The van der Waals surface area contributed by atoms with Crippen LogP contribution in [0.4, 0.5) is 0 Å². The molecule has 0 aliphatic carbocycles. The summed E-state index contributed by atoms with van der Waals surface area (Å²) >= 11 is 3.53. The van der Waals surface area contributed by atoms with E-state index in [9.17, 15) is 0 Å². The van der Waals surface area contributed by atoms with Gasteiger partial charge in [-0.25, -0.2) is 0 Å². The van der Waals surface area contributed by atoms with E-state index in [4.69, 9.17) is 4.42 Å². The van der Waals surface area contributed by atoms with Crippen LogP contribution in [-0.2, 0) is 13.0 Å². The van der Waals surface area contributed by atoms with Crippen molar-refractivity contribution in [3.63, 3.8) is 0 Å². The fraction of sp³-hybridized carbons (Fsp3) is 0.200. The van der Waals surface area contributed by atoms with Gasteiger partial charge in [0.1, 0.15) is 11.5 Å². The maximum absolute atomic E-state index is 5.94. The lowest BCUT2D eigenvalue weighted by Crippen LogP contribution is -2.16. The molecule has 0 spiro atoms. The Bertz CT molecular complexity index is 770. The molecule has 2 aromatic carbocycles. The molecule has 126 valence electrons. The van der Waals surface area contributed by atoms with Crippen molar-refractivity contribution in [2.45, 2.75) is 19.9 Å². The summed E-state index contributed by atoms with van der Waals surface area (Å²) in [6.07, 6.45) is 1.03. The molecule has 0 bridgehead atoms. The number of nitrogens with one attached hydrogen (secondary N) is 1. The van der Waals surface area contributed by atoms with Crippen LogP contribution in [0.1, 0.15) is 16.9 Å². The van der Waals surface area contributed by atoms with Gasteiger partial charge in [-0.15, -0.1) is 12.4 Å². The van der Waals surface area contributed by atoms with Gasteiger partial charge in [0.2, 0.25) is 0 Å². The Morgan fingerprint density at radius 2 is 1.79 bits per heavy atom. The monoisotopic (exact) mass is 405 g/mol. The largest absolute Gasteiger partial charge is 0.460 e. The molecule has 0 radical (unpaired) electrons. The number of hydrogen-bond donors (Lipinski definition) is 1. The van der Waals surface area contributed by atoms with Gasteiger partial charge in [-0.2, -0.15) is 0 Å². The lowest BCUT2D eigenvalue weighted by atomic mass is 10.1. The van der Waals surface area contributed by atoms with Crippen molar-refractivity contribution >= 4 is 28.3 Å². The van der Waals surface area contributed by atoms with Crippen LogP contribution in [0.5, 0.6) is 0 Å². The average Bonchev–Trinajstić information content (AvgIpc) is 3.04. The van der Waals surface area contributed by atoms with Crippen molar-refractivity contribution < 1.29 is 4.42 Å². The lowest BCUT2D eigenvalue weighted by Gasteiger charge is -2.04. The smallest absolute Gasteiger partial charge is 0.134 e. The van der Waals surface area contributed by atoms with Crippen LogP contribution < -0.4 is 5.32 Å². The van der Waals surface area contributed by atoms with Gasteiger partial charge in [0.05, 0.1) is 6.54 Å². The second-order valence-electron chi connectivity index (χ2n) is 5.64. The van der Waals surface area contributed by atoms with E-state index in [2.05, 4.69) is 70.6 Å². The summed E-state index contributed by atoms with van der Waals surface area (Å²) in [5, 5.41) is 3.43. The average molecular weight is 407 g/mol. The summed E-state index contributed by atoms with van der Waals surface area (Å²) < 4.78 is 7.06. The van der Waals surface area contributed by atoms with Crippen LogP contribution in [0.15, 0.2) is 69.6 Å². The number of benzene rings is 2. The van der Waals surface area contributed by atoms with Crippen LogP contribution in [0.3, 0.4) is 0 Å². The van der Waals surface area contributed by atoms with Gasteiger partial charge >= 0.3 is 0 Å². The molecule has 0 aliphatic rings. The van der Waals surface area contributed by atoms with Gasteiger partial charge in [0.15, 0.2) is 0 Å². The molecule has 0 saturated carbocycles. The van der Waals surface area contributed by atoms with E-state index in [0.29, 0.717) is 0 Å². The van der Waals surface area contributed by atoms with Crippen molar-refractivity contribution in [3.8, 4) is 11.3 Å².